The van der Waals surface area contributed by atoms with E-state index in [4.69, 9.17) is 25.5 Å². The van der Waals surface area contributed by atoms with Crippen LogP contribution in [0.5, 0.6) is 0 Å². The first-order valence-electron chi connectivity index (χ1n) is 8.75. The number of ether oxygens (including phenoxy) is 2. The van der Waals surface area contributed by atoms with Crippen molar-refractivity contribution in [3.63, 3.8) is 0 Å². The minimum Gasteiger partial charge on any atom is -0.450 e. The molecule has 0 aliphatic heterocycles. The van der Waals surface area contributed by atoms with Crippen molar-refractivity contribution in [1.82, 2.24) is 4.98 Å². The largest absolute Gasteiger partial charge is 0.450 e. The van der Waals surface area contributed by atoms with E-state index in [1.54, 1.807) is 25.3 Å². The number of halogens is 2. The molecule has 3 aromatic rings. The molecule has 1 aromatic carbocycles. The molecule has 0 N–H and O–H groups in total. The summed E-state index contributed by atoms with van der Waals surface area (Å²) < 4.78 is 29.8. The van der Waals surface area contributed by atoms with Crippen LogP contribution in [0.25, 0.3) is 11.0 Å². The zero-order valence-electron chi connectivity index (χ0n) is 15.6. The van der Waals surface area contributed by atoms with Gasteiger partial charge in [0.2, 0.25) is 11.7 Å². The second-order valence-corrected chi connectivity index (χ2v) is 6.43. The summed E-state index contributed by atoms with van der Waals surface area (Å²) in [6, 6.07) is 7.63. The van der Waals surface area contributed by atoms with Gasteiger partial charge in [0.25, 0.3) is 0 Å². The van der Waals surface area contributed by atoms with Crippen molar-refractivity contribution in [2.75, 3.05) is 38.5 Å². The Hall–Kier alpha value is -2.48. The molecule has 0 radical (unpaired) electrons. The van der Waals surface area contributed by atoms with E-state index in [1.165, 1.54) is 12.3 Å². The Bertz CT molecular complexity index is 951. The predicted octanol–water partition coefficient (Wildman–Crippen LogP) is 4.30. The lowest BCUT2D eigenvalue weighted by molar-refractivity contribution is 0.101. The van der Waals surface area contributed by atoms with E-state index in [1.807, 2.05) is 11.8 Å². The van der Waals surface area contributed by atoms with Crippen LogP contribution in [0, 0.1) is 5.95 Å². The van der Waals surface area contributed by atoms with Crippen molar-refractivity contribution in [3.8, 4) is 0 Å². The highest BCUT2D eigenvalue weighted by atomic mass is 35.5. The van der Waals surface area contributed by atoms with Crippen LogP contribution in [-0.4, -0.2) is 44.4 Å². The fourth-order valence-electron chi connectivity index (χ4n) is 2.81. The molecule has 0 aliphatic rings. The Labute approximate surface area is 166 Å². The highest BCUT2D eigenvalue weighted by Gasteiger charge is 2.26. The highest BCUT2D eigenvalue weighted by Crippen LogP contribution is 2.37. The Morgan fingerprint density at radius 1 is 1.32 bits per heavy atom. The molecule has 28 heavy (non-hydrogen) atoms. The maximum atomic E-state index is 13.2. The number of carbonyl (C=O) groups excluding carboxylic acids is 1. The van der Waals surface area contributed by atoms with Gasteiger partial charge in [-0.2, -0.15) is 4.39 Å². The van der Waals surface area contributed by atoms with Gasteiger partial charge in [-0.25, -0.2) is 4.98 Å². The highest BCUT2D eigenvalue weighted by molar-refractivity contribution is 6.31. The van der Waals surface area contributed by atoms with E-state index in [2.05, 4.69) is 4.98 Å². The molecule has 3 rings (SSSR count). The number of aromatic nitrogens is 1. The quantitative estimate of drug-likeness (QED) is 0.300. The molecule has 0 saturated carbocycles. The Morgan fingerprint density at radius 2 is 2.14 bits per heavy atom. The van der Waals surface area contributed by atoms with E-state index >= 15 is 0 Å². The standard InChI is InChI=1S/C20H20ClFN2O4/c1-3-27-12-24(8-9-26-2)18-15-10-14(21)5-6-16(15)28-20(18)19(25)13-4-7-17(22)23-11-13/h4-7,10-11H,3,8-9,12H2,1-2H3. The summed E-state index contributed by atoms with van der Waals surface area (Å²) in [5.74, 6) is -0.957. The van der Waals surface area contributed by atoms with E-state index < -0.39 is 11.7 Å². The Kier molecular flexibility index (Phi) is 6.61. The van der Waals surface area contributed by atoms with E-state index in [-0.39, 0.29) is 18.1 Å². The number of anilines is 1. The van der Waals surface area contributed by atoms with Gasteiger partial charge in [0, 0.05) is 42.4 Å². The Morgan fingerprint density at radius 3 is 2.82 bits per heavy atom. The first kappa shape index (κ1) is 20.3. The number of pyridine rings is 1. The first-order valence-corrected chi connectivity index (χ1v) is 9.12. The maximum absolute atomic E-state index is 13.2. The van der Waals surface area contributed by atoms with Crippen molar-refractivity contribution in [1.29, 1.82) is 0 Å². The number of methoxy groups -OCH3 is 1. The molecule has 0 fully saturated rings. The molecule has 0 amide bonds. The molecule has 6 nitrogen and oxygen atoms in total. The van der Waals surface area contributed by atoms with Gasteiger partial charge < -0.3 is 18.8 Å². The number of benzene rings is 1. The molecule has 2 aromatic heterocycles. The average molecular weight is 407 g/mol. The summed E-state index contributed by atoms with van der Waals surface area (Å²) >= 11 is 6.17. The van der Waals surface area contributed by atoms with E-state index in [0.29, 0.717) is 41.4 Å². The number of nitrogens with zero attached hydrogens (tertiary/aromatic N) is 2. The van der Waals surface area contributed by atoms with Crippen molar-refractivity contribution in [3.05, 3.63) is 58.8 Å². The second-order valence-electron chi connectivity index (χ2n) is 6.00. The molecule has 0 atom stereocenters. The van der Waals surface area contributed by atoms with Crippen molar-refractivity contribution in [2.24, 2.45) is 0 Å². The third kappa shape index (κ3) is 4.32. The SMILES string of the molecule is CCOCN(CCOC)c1c(C(=O)c2ccc(F)nc2)oc2ccc(Cl)cc12. The van der Waals surface area contributed by atoms with Crippen LogP contribution in [-0.2, 0) is 9.47 Å². The Balaban J connectivity index is 2.13. The monoisotopic (exact) mass is 406 g/mol. The second kappa shape index (κ2) is 9.14. The third-order valence-electron chi connectivity index (χ3n) is 4.15. The molecule has 0 saturated heterocycles. The van der Waals surface area contributed by atoms with Gasteiger partial charge in [-0.15, -0.1) is 0 Å². The molecule has 0 bridgehead atoms. The van der Waals surface area contributed by atoms with Crippen LogP contribution in [0.3, 0.4) is 0 Å². The molecular weight excluding hydrogens is 387 g/mol. The predicted molar refractivity (Wildman–Crippen MR) is 105 cm³/mol. The van der Waals surface area contributed by atoms with Gasteiger partial charge in [-0.1, -0.05) is 11.6 Å². The number of hydrogen-bond acceptors (Lipinski definition) is 6. The van der Waals surface area contributed by atoms with Crippen LogP contribution >= 0.6 is 11.6 Å². The summed E-state index contributed by atoms with van der Waals surface area (Å²) in [5, 5.41) is 1.20. The van der Waals surface area contributed by atoms with Crippen LogP contribution < -0.4 is 4.90 Å². The minimum absolute atomic E-state index is 0.112. The molecule has 0 unspecified atom stereocenters. The normalized spacial score (nSPS) is 11.1. The van der Waals surface area contributed by atoms with Crippen LogP contribution in [0.2, 0.25) is 5.02 Å². The summed E-state index contributed by atoms with van der Waals surface area (Å²) in [6.45, 7) is 3.52. The summed E-state index contributed by atoms with van der Waals surface area (Å²) in [7, 11) is 1.60. The lowest BCUT2D eigenvalue weighted by Gasteiger charge is -2.24. The number of furan rings is 1. The summed E-state index contributed by atoms with van der Waals surface area (Å²) in [4.78, 5) is 18.5. The zero-order chi connectivity index (χ0) is 20.1. The third-order valence-corrected chi connectivity index (χ3v) is 4.39. The number of hydrogen-bond donors (Lipinski definition) is 0. The molecule has 0 aliphatic carbocycles. The van der Waals surface area contributed by atoms with Crippen molar-refractivity contribution >= 4 is 34.0 Å². The van der Waals surface area contributed by atoms with Gasteiger partial charge in [-0.05, 0) is 37.3 Å². The number of ketones is 1. The molecule has 8 heteroatoms. The molecule has 148 valence electrons. The lowest BCUT2D eigenvalue weighted by atomic mass is 10.1. The molecule has 2 heterocycles. The lowest BCUT2D eigenvalue weighted by Crippen LogP contribution is -2.31. The van der Waals surface area contributed by atoms with Gasteiger partial charge in [0.05, 0.1) is 12.3 Å². The summed E-state index contributed by atoms with van der Waals surface area (Å²) in [6.07, 6.45) is 1.18. The molecule has 0 spiro atoms. The van der Waals surface area contributed by atoms with Gasteiger partial charge in [0.1, 0.15) is 12.3 Å². The first-order chi connectivity index (χ1) is 13.5. The van der Waals surface area contributed by atoms with Crippen LogP contribution in [0.15, 0.2) is 40.9 Å². The van der Waals surface area contributed by atoms with Crippen LogP contribution in [0.1, 0.15) is 23.0 Å². The smallest absolute Gasteiger partial charge is 0.231 e. The van der Waals surface area contributed by atoms with E-state index in [9.17, 15) is 9.18 Å². The van der Waals surface area contributed by atoms with Gasteiger partial charge in [0.15, 0.2) is 5.76 Å². The van der Waals surface area contributed by atoms with Crippen molar-refractivity contribution in [2.45, 2.75) is 6.92 Å². The zero-order valence-corrected chi connectivity index (χ0v) is 16.3. The number of rotatable bonds is 9. The van der Waals surface area contributed by atoms with Gasteiger partial charge in [-0.3, -0.25) is 4.79 Å². The number of carbonyl (C=O) groups is 1. The molecular formula is C20H20ClFN2O4. The minimum atomic E-state index is -0.661. The fraction of sp³-hybridized carbons (Fsp3) is 0.300. The van der Waals surface area contributed by atoms with E-state index in [0.717, 1.165) is 6.07 Å². The van der Waals surface area contributed by atoms with Crippen molar-refractivity contribution < 1.29 is 23.1 Å². The maximum Gasteiger partial charge on any atom is 0.231 e. The fourth-order valence-corrected chi connectivity index (χ4v) is 2.98. The average Bonchev–Trinajstić information content (AvgIpc) is 3.07. The van der Waals surface area contributed by atoms with Crippen LogP contribution in [0.4, 0.5) is 10.1 Å². The van der Waals surface area contributed by atoms with Gasteiger partial charge >= 0.3 is 0 Å². The number of fused-ring (bicyclic) bond motifs is 1. The summed E-state index contributed by atoms with van der Waals surface area (Å²) in [5.41, 5.74) is 1.28. The topological polar surface area (TPSA) is 64.8 Å².